The number of aromatic nitrogens is 2. The average molecular weight is 234 g/mol. The fourth-order valence-corrected chi connectivity index (χ4v) is 1.98. The predicted molar refractivity (Wildman–Crippen MR) is 71.4 cm³/mol. The molecule has 0 aliphatic heterocycles. The van der Waals surface area contributed by atoms with E-state index in [1.165, 1.54) is 12.8 Å². The summed E-state index contributed by atoms with van der Waals surface area (Å²) in [4.78, 5) is 9.01. The molecular formula is C13H22N4. The fraction of sp³-hybridized carbons (Fsp3) is 0.692. The van der Waals surface area contributed by atoms with Gasteiger partial charge in [0.05, 0.1) is 0 Å². The number of nitrogens with zero attached hydrogens (tertiary/aromatic N) is 2. The Balaban J connectivity index is 2.10. The van der Waals surface area contributed by atoms with Crippen LogP contribution in [0.1, 0.15) is 38.9 Å². The third kappa shape index (κ3) is 3.32. The van der Waals surface area contributed by atoms with Gasteiger partial charge in [-0.1, -0.05) is 6.92 Å². The quantitative estimate of drug-likeness (QED) is 0.794. The molecule has 1 aromatic heterocycles. The Morgan fingerprint density at radius 3 is 2.65 bits per heavy atom. The number of rotatable bonds is 6. The molecule has 0 spiro atoms. The van der Waals surface area contributed by atoms with Crippen LogP contribution in [-0.2, 0) is 6.42 Å². The third-order valence-corrected chi connectivity index (χ3v) is 3.21. The minimum atomic E-state index is 0.518. The number of aryl methyl sites for hydroxylation is 1. The van der Waals surface area contributed by atoms with Crippen LogP contribution in [0.4, 0.5) is 11.6 Å². The van der Waals surface area contributed by atoms with E-state index in [-0.39, 0.29) is 0 Å². The van der Waals surface area contributed by atoms with Crippen LogP contribution in [0.5, 0.6) is 0 Å². The molecule has 94 valence electrons. The molecule has 1 atom stereocenters. The van der Waals surface area contributed by atoms with Gasteiger partial charge in [-0.2, -0.15) is 0 Å². The van der Waals surface area contributed by atoms with Crippen LogP contribution in [0.2, 0.25) is 0 Å². The summed E-state index contributed by atoms with van der Waals surface area (Å²) >= 11 is 0. The predicted octanol–water partition coefficient (Wildman–Crippen LogP) is 2.68. The van der Waals surface area contributed by atoms with Crippen LogP contribution in [-0.4, -0.2) is 23.1 Å². The molecule has 0 bridgehead atoms. The monoisotopic (exact) mass is 234 g/mol. The minimum Gasteiger partial charge on any atom is -0.373 e. The largest absolute Gasteiger partial charge is 0.373 e. The summed E-state index contributed by atoms with van der Waals surface area (Å²) < 4.78 is 0. The maximum atomic E-state index is 4.56. The van der Waals surface area contributed by atoms with Crippen molar-refractivity contribution in [3.05, 3.63) is 11.9 Å². The molecule has 0 aromatic carbocycles. The zero-order valence-corrected chi connectivity index (χ0v) is 11.0. The van der Waals surface area contributed by atoms with E-state index in [9.17, 15) is 0 Å². The lowest BCUT2D eigenvalue weighted by atomic mass is 10.2. The first kappa shape index (κ1) is 12.1. The molecule has 2 rings (SSSR count). The first-order valence-electron chi connectivity index (χ1n) is 6.55. The van der Waals surface area contributed by atoms with E-state index in [1.54, 1.807) is 0 Å². The van der Waals surface area contributed by atoms with Gasteiger partial charge in [0.25, 0.3) is 0 Å². The molecular weight excluding hydrogens is 212 g/mol. The molecule has 1 saturated carbocycles. The highest BCUT2D eigenvalue weighted by Gasteiger charge is 2.28. The summed E-state index contributed by atoms with van der Waals surface area (Å²) in [6.45, 7) is 4.38. The van der Waals surface area contributed by atoms with E-state index < -0.39 is 0 Å². The summed E-state index contributed by atoms with van der Waals surface area (Å²) in [5, 5.41) is 6.58. The first-order valence-corrected chi connectivity index (χ1v) is 6.55. The number of nitrogens with one attached hydrogen (secondary N) is 2. The van der Waals surface area contributed by atoms with Gasteiger partial charge in [-0.3, -0.25) is 0 Å². The van der Waals surface area contributed by atoms with E-state index >= 15 is 0 Å². The number of hydrogen-bond acceptors (Lipinski definition) is 4. The maximum absolute atomic E-state index is 4.56. The summed E-state index contributed by atoms with van der Waals surface area (Å²) in [6.07, 6.45) is 4.70. The summed E-state index contributed by atoms with van der Waals surface area (Å²) in [5.74, 6) is 3.60. The van der Waals surface area contributed by atoms with Gasteiger partial charge in [0.15, 0.2) is 0 Å². The van der Waals surface area contributed by atoms with Crippen LogP contribution in [0, 0.1) is 5.92 Å². The van der Waals surface area contributed by atoms with Crippen molar-refractivity contribution in [3.8, 4) is 0 Å². The van der Waals surface area contributed by atoms with Gasteiger partial charge in [-0.05, 0) is 32.1 Å². The van der Waals surface area contributed by atoms with Crippen molar-refractivity contribution in [2.45, 2.75) is 45.6 Å². The summed E-state index contributed by atoms with van der Waals surface area (Å²) in [5.41, 5.74) is 0. The van der Waals surface area contributed by atoms with Crippen LogP contribution in [0.3, 0.4) is 0 Å². The van der Waals surface area contributed by atoms with Gasteiger partial charge in [-0.15, -0.1) is 0 Å². The number of hydrogen-bond donors (Lipinski definition) is 2. The lowest BCUT2D eigenvalue weighted by molar-refractivity contribution is 0.688. The SMILES string of the molecule is CCCc1nc(NC)cc(NC(C)C2CC2)n1. The lowest BCUT2D eigenvalue weighted by Crippen LogP contribution is -2.19. The second-order valence-electron chi connectivity index (χ2n) is 4.83. The van der Waals surface area contributed by atoms with E-state index in [2.05, 4.69) is 34.4 Å². The van der Waals surface area contributed by atoms with Crippen molar-refractivity contribution in [3.63, 3.8) is 0 Å². The minimum absolute atomic E-state index is 0.518. The van der Waals surface area contributed by atoms with Crippen LogP contribution in [0.15, 0.2) is 6.07 Å². The third-order valence-electron chi connectivity index (χ3n) is 3.21. The first-order chi connectivity index (χ1) is 8.22. The maximum Gasteiger partial charge on any atom is 0.133 e. The van der Waals surface area contributed by atoms with E-state index in [4.69, 9.17) is 0 Å². The van der Waals surface area contributed by atoms with Gasteiger partial charge in [0.1, 0.15) is 17.5 Å². The van der Waals surface area contributed by atoms with Crippen LogP contribution in [0.25, 0.3) is 0 Å². The molecule has 1 aliphatic rings. The van der Waals surface area contributed by atoms with Crippen molar-refractivity contribution in [2.75, 3.05) is 17.7 Å². The Kier molecular flexibility index (Phi) is 3.82. The molecule has 1 fully saturated rings. The van der Waals surface area contributed by atoms with Gasteiger partial charge >= 0.3 is 0 Å². The van der Waals surface area contributed by atoms with Crippen molar-refractivity contribution in [2.24, 2.45) is 5.92 Å². The van der Waals surface area contributed by atoms with Crippen molar-refractivity contribution in [1.82, 2.24) is 9.97 Å². The Morgan fingerprint density at radius 1 is 1.35 bits per heavy atom. The topological polar surface area (TPSA) is 49.8 Å². The molecule has 1 aromatic rings. The molecule has 4 nitrogen and oxygen atoms in total. The van der Waals surface area contributed by atoms with E-state index in [0.29, 0.717) is 6.04 Å². The Morgan fingerprint density at radius 2 is 2.06 bits per heavy atom. The van der Waals surface area contributed by atoms with Gasteiger partial charge in [0.2, 0.25) is 0 Å². The van der Waals surface area contributed by atoms with Gasteiger partial charge in [-0.25, -0.2) is 9.97 Å². The highest BCUT2D eigenvalue weighted by molar-refractivity contribution is 5.47. The molecule has 0 radical (unpaired) electrons. The molecule has 1 heterocycles. The highest BCUT2D eigenvalue weighted by Crippen LogP contribution is 2.33. The molecule has 17 heavy (non-hydrogen) atoms. The molecule has 1 unspecified atom stereocenters. The summed E-state index contributed by atoms with van der Waals surface area (Å²) in [6, 6.07) is 2.50. The van der Waals surface area contributed by atoms with Gasteiger partial charge in [0, 0.05) is 25.6 Å². The fourth-order valence-electron chi connectivity index (χ4n) is 1.98. The van der Waals surface area contributed by atoms with E-state index in [0.717, 1.165) is 36.2 Å². The zero-order chi connectivity index (χ0) is 12.3. The van der Waals surface area contributed by atoms with Crippen molar-refractivity contribution < 1.29 is 0 Å². The normalized spacial score (nSPS) is 16.6. The van der Waals surface area contributed by atoms with Gasteiger partial charge < -0.3 is 10.6 Å². The Labute approximate surface area is 103 Å². The molecule has 0 saturated heterocycles. The lowest BCUT2D eigenvalue weighted by Gasteiger charge is -2.15. The van der Waals surface area contributed by atoms with Crippen LogP contribution >= 0.6 is 0 Å². The second kappa shape index (κ2) is 5.34. The Bertz CT molecular complexity index is 374. The smallest absolute Gasteiger partial charge is 0.133 e. The number of anilines is 2. The molecule has 0 amide bonds. The zero-order valence-electron chi connectivity index (χ0n) is 11.0. The molecule has 2 N–H and O–H groups in total. The second-order valence-corrected chi connectivity index (χ2v) is 4.83. The van der Waals surface area contributed by atoms with Crippen molar-refractivity contribution in [1.29, 1.82) is 0 Å². The molecule has 4 heteroatoms. The Hall–Kier alpha value is -1.32. The highest BCUT2D eigenvalue weighted by atomic mass is 15.1. The van der Waals surface area contributed by atoms with Crippen molar-refractivity contribution >= 4 is 11.6 Å². The summed E-state index contributed by atoms with van der Waals surface area (Å²) in [7, 11) is 1.89. The van der Waals surface area contributed by atoms with Crippen LogP contribution < -0.4 is 10.6 Å². The van der Waals surface area contributed by atoms with E-state index in [1.807, 2.05) is 13.1 Å². The molecule has 1 aliphatic carbocycles. The standard InChI is InChI=1S/C13H22N4/c1-4-5-11-16-12(14-3)8-13(17-11)15-9(2)10-6-7-10/h8-10H,4-7H2,1-3H3,(H2,14,15,16,17). The average Bonchev–Trinajstić information content (AvgIpc) is 3.12.